The summed E-state index contributed by atoms with van der Waals surface area (Å²) in [6.07, 6.45) is 1.91. The lowest BCUT2D eigenvalue weighted by molar-refractivity contribution is -0.383. The van der Waals surface area contributed by atoms with Gasteiger partial charge in [0.2, 0.25) is 0 Å². The van der Waals surface area contributed by atoms with E-state index < -0.39 is 8.30 Å². The van der Waals surface area contributed by atoms with Crippen LogP contribution in [0, 0.1) is 10.1 Å². The van der Waals surface area contributed by atoms with Crippen LogP contribution in [-0.4, -0.2) is 50.2 Å². The van der Waals surface area contributed by atoms with Crippen LogP contribution in [0.3, 0.4) is 0 Å². The van der Waals surface area contributed by atoms with Crippen molar-refractivity contribution < 1.29 is 9.45 Å². The van der Waals surface area contributed by atoms with Crippen LogP contribution in [0.25, 0.3) is 0 Å². The first-order valence-corrected chi connectivity index (χ1v) is 8.67. The third-order valence-electron chi connectivity index (χ3n) is 3.31. The maximum absolute atomic E-state index is 11.3. The molecule has 1 aliphatic rings. The van der Waals surface area contributed by atoms with E-state index in [9.17, 15) is 10.1 Å². The molecule has 2 N–H and O–H groups in total. The second-order valence-corrected chi connectivity index (χ2v) is 7.11. The molecule has 1 saturated heterocycles. The summed E-state index contributed by atoms with van der Waals surface area (Å²) in [5.41, 5.74) is 0.681. The van der Waals surface area contributed by atoms with Crippen LogP contribution < -0.4 is 15.7 Å². The van der Waals surface area contributed by atoms with Gasteiger partial charge < -0.3 is 14.7 Å². The van der Waals surface area contributed by atoms with E-state index in [1.54, 1.807) is 12.1 Å². The van der Waals surface area contributed by atoms with Crippen molar-refractivity contribution in [1.82, 2.24) is 9.99 Å². The van der Waals surface area contributed by atoms with Gasteiger partial charge in [-0.3, -0.25) is 15.2 Å². The fourth-order valence-electron chi connectivity index (χ4n) is 2.19. The van der Waals surface area contributed by atoms with Crippen LogP contribution in [0.2, 0.25) is 0 Å². The highest BCUT2D eigenvalue weighted by Gasteiger charge is 2.21. The monoisotopic (exact) mass is 326 g/mol. The summed E-state index contributed by atoms with van der Waals surface area (Å²) >= 11 is 0. The largest absolute Gasteiger partial charge is 0.379 e. The molecule has 1 aromatic rings. The maximum Gasteiger partial charge on any atom is 0.293 e. The highest BCUT2D eigenvalue weighted by Crippen LogP contribution is 2.36. The lowest BCUT2D eigenvalue weighted by Gasteiger charge is -2.23. The summed E-state index contributed by atoms with van der Waals surface area (Å²) < 4.78 is 5.67. The second kappa shape index (κ2) is 8.39. The van der Waals surface area contributed by atoms with Crippen molar-refractivity contribution in [3.05, 3.63) is 28.3 Å². The molecule has 1 unspecified atom stereocenters. The van der Waals surface area contributed by atoms with Gasteiger partial charge in [-0.25, -0.2) is 0 Å². The minimum atomic E-state index is -0.934. The maximum atomic E-state index is 11.3. The van der Waals surface area contributed by atoms with Crippen molar-refractivity contribution >= 4 is 25.0 Å². The Morgan fingerprint density at radius 3 is 2.95 bits per heavy atom. The highest BCUT2D eigenvalue weighted by atomic mass is 31.2. The van der Waals surface area contributed by atoms with Gasteiger partial charge in [0.25, 0.3) is 5.69 Å². The smallest absolute Gasteiger partial charge is 0.293 e. The van der Waals surface area contributed by atoms with E-state index in [1.807, 2.05) is 20.2 Å². The molecule has 1 aromatic carbocycles. The number of rotatable bonds is 7. The van der Waals surface area contributed by atoms with E-state index >= 15 is 0 Å². The molecule has 7 nitrogen and oxygen atoms in total. The van der Waals surface area contributed by atoms with Crippen LogP contribution in [0.1, 0.15) is 12.8 Å². The van der Waals surface area contributed by atoms with Crippen LogP contribution in [0.15, 0.2) is 18.2 Å². The summed E-state index contributed by atoms with van der Waals surface area (Å²) in [5, 5.41) is 18.6. The molecule has 22 heavy (non-hydrogen) atoms. The predicted octanol–water partition coefficient (Wildman–Crippen LogP) is 1.91. The Bertz CT molecular complexity index is 507. The molecule has 1 fully saturated rings. The van der Waals surface area contributed by atoms with Gasteiger partial charge >= 0.3 is 0 Å². The first kappa shape index (κ1) is 17.1. The van der Waals surface area contributed by atoms with Crippen LogP contribution >= 0.6 is 8.30 Å². The van der Waals surface area contributed by atoms with E-state index in [2.05, 4.69) is 15.3 Å². The van der Waals surface area contributed by atoms with Crippen molar-refractivity contribution in [3.8, 4) is 0 Å². The Morgan fingerprint density at radius 2 is 2.32 bits per heavy atom. The van der Waals surface area contributed by atoms with Crippen molar-refractivity contribution in [2.45, 2.75) is 12.8 Å². The third-order valence-corrected chi connectivity index (χ3v) is 5.01. The molecule has 1 aliphatic heterocycles. The number of nitro benzene ring substituents is 1. The minimum absolute atomic E-state index is 0.112. The van der Waals surface area contributed by atoms with E-state index in [0.717, 1.165) is 31.2 Å². The lowest BCUT2D eigenvalue weighted by atomic mass is 10.2. The Morgan fingerprint density at radius 1 is 1.50 bits per heavy atom. The van der Waals surface area contributed by atoms with Gasteiger partial charge in [-0.1, -0.05) is 0 Å². The molecule has 0 aliphatic carbocycles. The molecule has 2 rings (SSSR count). The van der Waals surface area contributed by atoms with Crippen molar-refractivity contribution in [2.24, 2.45) is 0 Å². The Hall–Kier alpha value is -1.27. The summed E-state index contributed by atoms with van der Waals surface area (Å²) in [6, 6.07) is 5.31. The van der Waals surface area contributed by atoms with Gasteiger partial charge in [0.15, 0.2) is 0 Å². The first-order chi connectivity index (χ1) is 10.6. The van der Waals surface area contributed by atoms with Crippen molar-refractivity contribution in [2.75, 3.05) is 45.7 Å². The van der Waals surface area contributed by atoms with Crippen molar-refractivity contribution in [3.63, 3.8) is 0 Å². The molecule has 1 atom stereocenters. The van der Waals surface area contributed by atoms with E-state index in [1.165, 1.54) is 0 Å². The number of hydrogen-bond donors (Lipinski definition) is 2. The minimum Gasteiger partial charge on any atom is -0.379 e. The van der Waals surface area contributed by atoms with E-state index in [0.29, 0.717) is 18.8 Å². The molecule has 0 aromatic heterocycles. The number of nitrogens with one attached hydrogen (secondary N) is 2. The average Bonchev–Trinajstić information content (AvgIpc) is 2.52. The molecule has 8 heteroatoms. The summed E-state index contributed by atoms with van der Waals surface area (Å²) in [4.78, 5) is 13.1. The van der Waals surface area contributed by atoms with Gasteiger partial charge in [-0.15, -0.1) is 0 Å². The quantitative estimate of drug-likeness (QED) is 0.345. The van der Waals surface area contributed by atoms with Gasteiger partial charge in [0, 0.05) is 24.5 Å². The Balaban J connectivity index is 2.04. The molecule has 0 radical (unpaired) electrons. The number of nitrogens with zero attached hydrogens (tertiary/aromatic N) is 2. The number of hydrogen-bond acceptors (Lipinski definition) is 6. The standard InChI is InChI=1S/C14H23N4O3P/c1-17(2)9-3-7-15-13-6-5-12(11-14(13)18(19)20)22-16-8-4-10-21-22/h5-6,11,15-16H,3-4,7-10H2,1-2H3. The van der Waals surface area contributed by atoms with Crippen molar-refractivity contribution in [1.29, 1.82) is 0 Å². The van der Waals surface area contributed by atoms with Crippen LogP contribution in [-0.2, 0) is 4.52 Å². The fraction of sp³-hybridized carbons (Fsp3) is 0.571. The zero-order chi connectivity index (χ0) is 15.9. The molecule has 1 heterocycles. The first-order valence-electron chi connectivity index (χ1n) is 7.41. The third kappa shape index (κ3) is 4.88. The molecule has 0 saturated carbocycles. The summed E-state index contributed by atoms with van der Waals surface area (Å²) in [6.45, 7) is 3.25. The molecule has 0 bridgehead atoms. The number of nitro groups is 1. The van der Waals surface area contributed by atoms with Crippen LogP contribution in [0.4, 0.5) is 11.4 Å². The lowest BCUT2D eigenvalue weighted by Crippen LogP contribution is -2.24. The Kier molecular flexibility index (Phi) is 6.51. The molecule has 0 amide bonds. The fourth-order valence-corrected chi connectivity index (χ4v) is 3.73. The summed E-state index contributed by atoms with van der Waals surface area (Å²) in [5.74, 6) is 0. The van der Waals surface area contributed by atoms with Gasteiger partial charge in [0.05, 0.1) is 11.5 Å². The average molecular weight is 326 g/mol. The predicted molar refractivity (Wildman–Crippen MR) is 89.9 cm³/mol. The molecular formula is C14H23N4O3P. The number of anilines is 1. The van der Waals surface area contributed by atoms with Crippen LogP contribution in [0.5, 0.6) is 0 Å². The zero-order valence-corrected chi connectivity index (χ0v) is 13.9. The molecular weight excluding hydrogens is 303 g/mol. The van der Waals surface area contributed by atoms with E-state index in [4.69, 9.17) is 4.52 Å². The second-order valence-electron chi connectivity index (χ2n) is 5.43. The number of benzene rings is 1. The van der Waals surface area contributed by atoms with Gasteiger partial charge in [-0.2, -0.15) is 0 Å². The topological polar surface area (TPSA) is 79.7 Å². The van der Waals surface area contributed by atoms with Gasteiger partial charge in [0.1, 0.15) is 14.0 Å². The highest BCUT2D eigenvalue weighted by molar-refractivity contribution is 7.58. The Labute approximate surface area is 132 Å². The SMILES string of the molecule is CN(C)CCCNc1ccc(P2NCCCO2)cc1[N+](=O)[O-]. The van der Waals surface area contributed by atoms with E-state index in [-0.39, 0.29) is 10.6 Å². The zero-order valence-electron chi connectivity index (χ0n) is 13.0. The normalized spacial score (nSPS) is 18.4. The summed E-state index contributed by atoms with van der Waals surface area (Å²) in [7, 11) is 3.09. The molecule has 122 valence electrons. The van der Waals surface area contributed by atoms with Gasteiger partial charge in [-0.05, 0) is 45.6 Å². The molecule has 0 spiro atoms.